The summed E-state index contributed by atoms with van der Waals surface area (Å²) in [6, 6.07) is 8.02. The van der Waals surface area contributed by atoms with E-state index in [0.29, 0.717) is 24.3 Å². The molecule has 1 N–H and O–H groups in total. The Bertz CT molecular complexity index is 947. The Balaban J connectivity index is 1.69. The number of ether oxygens (including phenoxy) is 2. The number of aryl methyl sites for hydroxylation is 1. The molecule has 0 bridgehead atoms. The zero-order valence-corrected chi connectivity index (χ0v) is 17.2. The Morgan fingerprint density at radius 2 is 1.83 bits per heavy atom. The largest absolute Gasteiger partial charge is 0.461 e. The molecule has 1 atom stereocenters. The quantitative estimate of drug-likeness (QED) is 0.783. The number of rotatable bonds is 5. The van der Waals surface area contributed by atoms with E-state index < -0.39 is 18.0 Å². The molecule has 1 aromatic carbocycles. The van der Waals surface area contributed by atoms with Crippen molar-refractivity contribution >= 4 is 17.8 Å². The Labute approximate surface area is 170 Å². The van der Waals surface area contributed by atoms with Gasteiger partial charge in [0.1, 0.15) is 5.69 Å². The summed E-state index contributed by atoms with van der Waals surface area (Å²) < 4.78 is 10.5. The number of aromatic nitrogens is 1. The lowest BCUT2D eigenvalue weighted by atomic mass is 9.99. The van der Waals surface area contributed by atoms with Gasteiger partial charge in [0.2, 0.25) is 0 Å². The van der Waals surface area contributed by atoms with Crippen molar-refractivity contribution in [2.24, 2.45) is 0 Å². The van der Waals surface area contributed by atoms with Gasteiger partial charge in [0, 0.05) is 18.8 Å². The molecule has 0 radical (unpaired) electrons. The monoisotopic (exact) mass is 398 g/mol. The van der Waals surface area contributed by atoms with Gasteiger partial charge >= 0.3 is 11.9 Å². The molecule has 7 heteroatoms. The minimum absolute atomic E-state index is 0.225. The minimum atomic E-state index is -0.924. The Morgan fingerprint density at radius 3 is 2.52 bits per heavy atom. The summed E-state index contributed by atoms with van der Waals surface area (Å²) in [5.41, 5.74) is 3.80. The minimum Gasteiger partial charge on any atom is -0.461 e. The molecule has 29 heavy (non-hydrogen) atoms. The number of esters is 2. The van der Waals surface area contributed by atoms with Crippen molar-refractivity contribution in [1.29, 1.82) is 0 Å². The molecular formula is C22H26N2O5. The van der Waals surface area contributed by atoms with Gasteiger partial charge in [-0.05, 0) is 50.8 Å². The maximum atomic E-state index is 12.8. The van der Waals surface area contributed by atoms with Gasteiger partial charge in [0.15, 0.2) is 6.10 Å². The molecule has 2 aromatic rings. The smallest absolute Gasteiger partial charge is 0.355 e. The number of hydrogen-bond acceptors (Lipinski definition) is 5. The predicted molar refractivity (Wildman–Crippen MR) is 107 cm³/mol. The lowest BCUT2D eigenvalue weighted by Gasteiger charge is -2.30. The third-order valence-corrected chi connectivity index (χ3v) is 5.20. The summed E-state index contributed by atoms with van der Waals surface area (Å²) in [5, 5.41) is 0. The molecule has 0 saturated carbocycles. The number of aromatic amines is 1. The van der Waals surface area contributed by atoms with Gasteiger partial charge in [0.25, 0.3) is 5.91 Å². The number of carbonyl (C=O) groups is 3. The first kappa shape index (κ1) is 20.6. The molecule has 1 amide bonds. The molecule has 154 valence electrons. The first-order valence-corrected chi connectivity index (χ1v) is 9.76. The average Bonchev–Trinajstić information content (AvgIpc) is 3.01. The third-order valence-electron chi connectivity index (χ3n) is 5.20. The van der Waals surface area contributed by atoms with Crippen molar-refractivity contribution in [1.82, 2.24) is 9.88 Å². The Hall–Kier alpha value is -3.09. The fraction of sp³-hybridized carbons (Fsp3) is 0.409. The molecule has 1 aliphatic rings. The van der Waals surface area contributed by atoms with Crippen molar-refractivity contribution in [3.63, 3.8) is 0 Å². The van der Waals surface area contributed by atoms with Crippen LogP contribution in [0.4, 0.5) is 0 Å². The zero-order chi connectivity index (χ0) is 21.1. The van der Waals surface area contributed by atoms with Crippen molar-refractivity contribution < 1.29 is 23.9 Å². The van der Waals surface area contributed by atoms with Crippen LogP contribution in [-0.2, 0) is 27.2 Å². The average molecular weight is 398 g/mol. The van der Waals surface area contributed by atoms with Gasteiger partial charge in [-0.15, -0.1) is 0 Å². The standard InChI is InChI=1S/C22H26N2O5/c1-5-28-22(27)19-13(2)18(14(3)23-19)21(26)29-15(4)20(25)24-11-10-16-8-6-7-9-17(16)12-24/h6-9,15,23H,5,10-12H2,1-4H3/t15-/m0/s1. The van der Waals surface area contributed by atoms with E-state index in [-0.39, 0.29) is 23.8 Å². The van der Waals surface area contributed by atoms with E-state index in [1.807, 2.05) is 18.2 Å². The number of amides is 1. The maximum Gasteiger partial charge on any atom is 0.355 e. The van der Waals surface area contributed by atoms with Crippen molar-refractivity contribution in [3.05, 3.63) is 57.9 Å². The number of nitrogens with zero attached hydrogens (tertiary/aromatic N) is 1. The number of benzene rings is 1. The van der Waals surface area contributed by atoms with Crippen molar-refractivity contribution in [2.75, 3.05) is 13.2 Å². The van der Waals surface area contributed by atoms with Crippen molar-refractivity contribution in [3.8, 4) is 0 Å². The van der Waals surface area contributed by atoms with Gasteiger partial charge in [-0.2, -0.15) is 0 Å². The second-order valence-electron chi connectivity index (χ2n) is 7.17. The SMILES string of the molecule is CCOC(=O)c1[nH]c(C)c(C(=O)O[C@@H](C)C(=O)N2CCc3ccccc3C2)c1C. The van der Waals surface area contributed by atoms with Crippen LogP contribution in [0.5, 0.6) is 0 Å². The van der Waals surface area contributed by atoms with E-state index in [2.05, 4.69) is 11.1 Å². The van der Waals surface area contributed by atoms with Crippen LogP contribution in [-0.4, -0.2) is 47.0 Å². The number of hydrogen-bond donors (Lipinski definition) is 1. The van der Waals surface area contributed by atoms with Crippen LogP contribution in [0.25, 0.3) is 0 Å². The summed E-state index contributed by atoms with van der Waals surface area (Å²) in [6.45, 7) is 7.95. The molecule has 3 rings (SSSR count). The van der Waals surface area contributed by atoms with Crippen LogP contribution in [0.1, 0.15) is 57.1 Å². The van der Waals surface area contributed by atoms with Crippen LogP contribution in [0.15, 0.2) is 24.3 Å². The van der Waals surface area contributed by atoms with Crippen molar-refractivity contribution in [2.45, 2.75) is 46.8 Å². The molecule has 0 unspecified atom stereocenters. The highest BCUT2D eigenvalue weighted by Crippen LogP contribution is 2.22. The fourth-order valence-corrected chi connectivity index (χ4v) is 3.67. The summed E-state index contributed by atoms with van der Waals surface area (Å²) in [4.78, 5) is 42.1. The van der Waals surface area contributed by atoms with E-state index in [1.165, 1.54) is 5.56 Å². The fourth-order valence-electron chi connectivity index (χ4n) is 3.67. The lowest BCUT2D eigenvalue weighted by molar-refractivity contribution is -0.140. The number of H-pyrrole nitrogens is 1. The van der Waals surface area contributed by atoms with Crippen LogP contribution < -0.4 is 0 Å². The predicted octanol–water partition coefficient (Wildman–Crippen LogP) is 2.94. The summed E-state index contributed by atoms with van der Waals surface area (Å²) in [7, 11) is 0. The van der Waals surface area contributed by atoms with E-state index in [0.717, 1.165) is 12.0 Å². The maximum absolute atomic E-state index is 12.8. The molecule has 1 aliphatic heterocycles. The third kappa shape index (κ3) is 4.18. The van der Waals surface area contributed by atoms with E-state index in [4.69, 9.17) is 9.47 Å². The highest BCUT2D eigenvalue weighted by Gasteiger charge is 2.30. The molecule has 0 aliphatic carbocycles. The summed E-state index contributed by atoms with van der Waals surface area (Å²) in [5.74, 6) is -1.39. The summed E-state index contributed by atoms with van der Waals surface area (Å²) in [6.07, 6.45) is -0.144. The highest BCUT2D eigenvalue weighted by molar-refractivity contribution is 5.99. The molecule has 0 fully saturated rings. The normalized spacial score (nSPS) is 14.1. The van der Waals surface area contributed by atoms with Gasteiger partial charge in [-0.1, -0.05) is 24.3 Å². The number of fused-ring (bicyclic) bond motifs is 1. The summed E-state index contributed by atoms with van der Waals surface area (Å²) >= 11 is 0. The topological polar surface area (TPSA) is 88.7 Å². The molecule has 1 aromatic heterocycles. The van der Waals surface area contributed by atoms with Gasteiger partial charge in [-0.25, -0.2) is 9.59 Å². The molecule has 2 heterocycles. The van der Waals surface area contributed by atoms with Gasteiger partial charge in [-0.3, -0.25) is 4.79 Å². The number of carbonyl (C=O) groups excluding carboxylic acids is 3. The molecule has 0 saturated heterocycles. The molecule has 7 nitrogen and oxygen atoms in total. The lowest BCUT2D eigenvalue weighted by Crippen LogP contribution is -2.42. The van der Waals surface area contributed by atoms with Crippen LogP contribution in [0.3, 0.4) is 0 Å². The van der Waals surface area contributed by atoms with Gasteiger partial charge < -0.3 is 19.4 Å². The molecule has 0 spiro atoms. The molecular weight excluding hydrogens is 372 g/mol. The first-order chi connectivity index (χ1) is 13.8. The van der Waals surface area contributed by atoms with E-state index in [9.17, 15) is 14.4 Å². The second-order valence-corrected chi connectivity index (χ2v) is 7.17. The van der Waals surface area contributed by atoms with Gasteiger partial charge in [0.05, 0.1) is 12.2 Å². The van der Waals surface area contributed by atoms with E-state index in [1.54, 1.807) is 32.6 Å². The van der Waals surface area contributed by atoms with E-state index >= 15 is 0 Å². The van der Waals surface area contributed by atoms with Crippen LogP contribution in [0.2, 0.25) is 0 Å². The first-order valence-electron chi connectivity index (χ1n) is 9.76. The zero-order valence-electron chi connectivity index (χ0n) is 17.2. The van der Waals surface area contributed by atoms with Crippen LogP contribution >= 0.6 is 0 Å². The van der Waals surface area contributed by atoms with Crippen LogP contribution in [0, 0.1) is 13.8 Å². The highest BCUT2D eigenvalue weighted by atomic mass is 16.5. The Kier molecular flexibility index (Phi) is 6.06. The Morgan fingerprint density at radius 1 is 1.14 bits per heavy atom. The second kappa shape index (κ2) is 8.51. The number of nitrogens with one attached hydrogen (secondary N) is 1.